The van der Waals surface area contributed by atoms with E-state index in [1.54, 1.807) is 12.4 Å². The van der Waals surface area contributed by atoms with Gasteiger partial charge in [-0.1, -0.05) is 5.92 Å². The summed E-state index contributed by atoms with van der Waals surface area (Å²) in [6.45, 7) is 1.91. The zero-order valence-electron chi connectivity index (χ0n) is 7.50. The van der Waals surface area contributed by atoms with Gasteiger partial charge in [-0.15, -0.1) is 0 Å². The van der Waals surface area contributed by atoms with Crippen LogP contribution in [0, 0.1) is 18.8 Å². The summed E-state index contributed by atoms with van der Waals surface area (Å²) in [6.07, 6.45) is 3.30. The third-order valence-corrected chi connectivity index (χ3v) is 1.52. The van der Waals surface area contributed by atoms with Crippen molar-refractivity contribution in [2.24, 2.45) is 0 Å². The van der Waals surface area contributed by atoms with E-state index >= 15 is 0 Å². The molecule has 66 valence electrons. The van der Waals surface area contributed by atoms with E-state index in [9.17, 15) is 4.79 Å². The molecule has 0 N–H and O–H groups in total. The van der Waals surface area contributed by atoms with Crippen LogP contribution in [-0.2, 0) is 9.53 Å². The molecule has 0 radical (unpaired) electrons. The Hall–Kier alpha value is -1.82. The zero-order chi connectivity index (χ0) is 9.68. The third-order valence-electron chi connectivity index (χ3n) is 1.52. The van der Waals surface area contributed by atoms with Crippen molar-refractivity contribution in [3.05, 3.63) is 29.6 Å². The van der Waals surface area contributed by atoms with Crippen LogP contribution in [0.5, 0.6) is 0 Å². The van der Waals surface area contributed by atoms with Gasteiger partial charge >= 0.3 is 5.97 Å². The zero-order valence-corrected chi connectivity index (χ0v) is 7.50. The Balaban J connectivity index is 2.89. The smallest absolute Gasteiger partial charge is 0.384 e. The molecular weight excluding hydrogens is 166 g/mol. The molecule has 0 saturated carbocycles. The summed E-state index contributed by atoms with van der Waals surface area (Å²) in [6, 6.07) is 1.83. The molecule has 0 aliphatic heterocycles. The molecular formula is C10H9NO2. The SMILES string of the molecule is COC(=O)C#Cc1cnccc1C. The van der Waals surface area contributed by atoms with Crippen molar-refractivity contribution in [3.63, 3.8) is 0 Å². The molecule has 3 heteroatoms. The standard InChI is InChI=1S/C10H9NO2/c1-8-5-6-11-7-9(8)3-4-10(12)13-2/h5-7H,1-2H3. The number of aromatic nitrogens is 1. The number of carbonyl (C=O) groups excluding carboxylic acids is 1. The number of ether oxygens (including phenoxy) is 1. The molecule has 13 heavy (non-hydrogen) atoms. The fourth-order valence-corrected chi connectivity index (χ4v) is 0.764. The van der Waals surface area contributed by atoms with Gasteiger partial charge in [-0.2, -0.15) is 0 Å². The number of pyridine rings is 1. The summed E-state index contributed by atoms with van der Waals surface area (Å²) in [5.41, 5.74) is 1.74. The van der Waals surface area contributed by atoms with E-state index in [0.717, 1.165) is 11.1 Å². The molecule has 0 atom stereocenters. The fourth-order valence-electron chi connectivity index (χ4n) is 0.764. The molecule has 0 unspecified atom stereocenters. The Kier molecular flexibility index (Phi) is 3.04. The first-order chi connectivity index (χ1) is 6.24. The quantitative estimate of drug-likeness (QED) is 0.434. The number of methoxy groups -OCH3 is 1. The third kappa shape index (κ3) is 2.60. The molecule has 0 aromatic carbocycles. The minimum absolute atomic E-state index is 0.539. The van der Waals surface area contributed by atoms with Crippen LogP contribution in [0.25, 0.3) is 0 Å². The number of rotatable bonds is 0. The molecule has 0 spiro atoms. The number of hydrogen-bond donors (Lipinski definition) is 0. The van der Waals surface area contributed by atoms with Crippen molar-refractivity contribution in [2.75, 3.05) is 7.11 Å². The molecule has 1 heterocycles. The van der Waals surface area contributed by atoms with Gasteiger partial charge < -0.3 is 4.74 Å². The summed E-state index contributed by atoms with van der Waals surface area (Å²) < 4.78 is 4.38. The Labute approximate surface area is 76.8 Å². The summed E-state index contributed by atoms with van der Waals surface area (Å²) in [4.78, 5) is 14.6. The molecule has 0 saturated heterocycles. The van der Waals surface area contributed by atoms with Crippen molar-refractivity contribution in [2.45, 2.75) is 6.92 Å². The molecule has 0 aliphatic carbocycles. The van der Waals surface area contributed by atoms with Crippen LogP contribution in [0.3, 0.4) is 0 Å². The van der Waals surface area contributed by atoms with E-state index in [0.29, 0.717) is 0 Å². The Morgan fingerprint density at radius 3 is 3.00 bits per heavy atom. The van der Waals surface area contributed by atoms with Gasteiger partial charge in [-0.25, -0.2) is 4.79 Å². The average Bonchev–Trinajstić information content (AvgIpc) is 2.16. The normalized spacial score (nSPS) is 8.46. The minimum atomic E-state index is -0.539. The summed E-state index contributed by atoms with van der Waals surface area (Å²) in [7, 11) is 1.30. The lowest BCUT2D eigenvalue weighted by atomic mass is 10.2. The lowest BCUT2D eigenvalue weighted by Gasteiger charge is -1.93. The van der Waals surface area contributed by atoms with Crippen molar-refractivity contribution in [1.29, 1.82) is 0 Å². The Morgan fingerprint density at radius 1 is 1.62 bits per heavy atom. The van der Waals surface area contributed by atoms with Gasteiger partial charge in [0.05, 0.1) is 7.11 Å². The van der Waals surface area contributed by atoms with E-state index in [4.69, 9.17) is 0 Å². The summed E-state index contributed by atoms with van der Waals surface area (Å²) in [5, 5.41) is 0. The van der Waals surface area contributed by atoms with Crippen molar-refractivity contribution >= 4 is 5.97 Å². The number of nitrogens with zero attached hydrogens (tertiary/aromatic N) is 1. The largest absolute Gasteiger partial charge is 0.459 e. The highest BCUT2D eigenvalue weighted by Crippen LogP contribution is 2.01. The molecule has 3 nitrogen and oxygen atoms in total. The number of hydrogen-bond acceptors (Lipinski definition) is 3. The second-order valence-corrected chi connectivity index (χ2v) is 2.43. The molecule has 0 bridgehead atoms. The van der Waals surface area contributed by atoms with Gasteiger partial charge in [0.25, 0.3) is 0 Å². The van der Waals surface area contributed by atoms with Gasteiger partial charge in [-0.05, 0) is 18.6 Å². The van der Waals surface area contributed by atoms with Gasteiger partial charge in [-0.3, -0.25) is 4.98 Å². The van der Waals surface area contributed by atoms with Crippen LogP contribution in [0.15, 0.2) is 18.5 Å². The van der Waals surface area contributed by atoms with E-state index < -0.39 is 5.97 Å². The predicted octanol–water partition coefficient (Wildman–Crippen LogP) is 0.915. The highest BCUT2D eigenvalue weighted by molar-refractivity contribution is 5.89. The first kappa shape index (κ1) is 9.27. The van der Waals surface area contributed by atoms with Crippen LogP contribution in [0.1, 0.15) is 11.1 Å². The second-order valence-electron chi connectivity index (χ2n) is 2.43. The number of esters is 1. The van der Waals surface area contributed by atoms with Gasteiger partial charge in [0, 0.05) is 23.9 Å². The van der Waals surface area contributed by atoms with E-state index in [-0.39, 0.29) is 0 Å². The molecule has 0 aliphatic rings. The highest BCUT2D eigenvalue weighted by atomic mass is 16.5. The van der Waals surface area contributed by atoms with Crippen LogP contribution >= 0.6 is 0 Å². The van der Waals surface area contributed by atoms with Gasteiger partial charge in [0.1, 0.15) is 0 Å². The minimum Gasteiger partial charge on any atom is -0.459 e. The number of aryl methyl sites for hydroxylation is 1. The maximum atomic E-state index is 10.7. The maximum Gasteiger partial charge on any atom is 0.384 e. The first-order valence-corrected chi connectivity index (χ1v) is 3.74. The van der Waals surface area contributed by atoms with Crippen molar-refractivity contribution < 1.29 is 9.53 Å². The van der Waals surface area contributed by atoms with E-state index in [2.05, 4.69) is 21.6 Å². The van der Waals surface area contributed by atoms with Crippen LogP contribution in [-0.4, -0.2) is 18.1 Å². The monoisotopic (exact) mass is 175 g/mol. The fraction of sp³-hybridized carbons (Fsp3) is 0.200. The van der Waals surface area contributed by atoms with E-state index in [1.165, 1.54) is 7.11 Å². The van der Waals surface area contributed by atoms with Crippen LogP contribution < -0.4 is 0 Å². The average molecular weight is 175 g/mol. The lowest BCUT2D eigenvalue weighted by Crippen LogP contribution is -1.95. The van der Waals surface area contributed by atoms with Crippen LogP contribution in [0.4, 0.5) is 0 Å². The lowest BCUT2D eigenvalue weighted by molar-refractivity contribution is -0.133. The van der Waals surface area contributed by atoms with Crippen molar-refractivity contribution in [3.8, 4) is 11.8 Å². The van der Waals surface area contributed by atoms with Crippen molar-refractivity contribution in [1.82, 2.24) is 4.98 Å². The molecule has 1 rings (SSSR count). The molecule has 1 aromatic rings. The molecule has 1 aromatic heterocycles. The van der Waals surface area contributed by atoms with E-state index in [1.807, 2.05) is 13.0 Å². The van der Waals surface area contributed by atoms with Gasteiger partial charge in [0.2, 0.25) is 0 Å². The predicted molar refractivity (Wildman–Crippen MR) is 47.9 cm³/mol. The highest BCUT2D eigenvalue weighted by Gasteiger charge is 1.93. The van der Waals surface area contributed by atoms with Gasteiger partial charge in [0.15, 0.2) is 0 Å². The number of carbonyl (C=O) groups is 1. The topological polar surface area (TPSA) is 39.2 Å². The molecule has 0 fully saturated rings. The second kappa shape index (κ2) is 4.27. The van der Waals surface area contributed by atoms with Crippen LogP contribution in [0.2, 0.25) is 0 Å². The maximum absolute atomic E-state index is 10.7. The first-order valence-electron chi connectivity index (χ1n) is 3.74. The Morgan fingerprint density at radius 2 is 2.38 bits per heavy atom. The summed E-state index contributed by atoms with van der Waals surface area (Å²) in [5.74, 6) is 4.48. The Bertz CT molecular complexity index is 374. The summed E-state index contributed by atoms with van der Waals surface area (Å²) >= 11 is 0. The molecule has 0 amide bonds.